The number of hydrogen-bond acceptors (Lipinski definition) is 8. The number of carbonyl (C=O) groups is 1. The van der Waals surface area contributed by atoms with Crippen LogP contribution in [0.5, 0.6) is 5.75 Å². The molecule has 0 spiro atoms. The van der Waals surface area contributed by atoms with E-state index in [4.69, 9.17) is 21.3 Å². The smallest absolute Gasteiger partial charge is 0.271 e. The number of amides is 1. The molecule has 3 aromatic heterocycles. The first-order valence-electron chi connectivity index (χ1n) is 13.3. The van der Waals surface area contributed by atoms with E-state index in [1.807, 2.05) is 24.3 Å². The third-order valence-electron chi connectivity index (χ3n) is 7.13. The van der Waals surface area contributed by atoms with Gasteiger partial charge in [0, 0.05) is 42.5 Å². The monoisotopic (exact) mass is 561 g/mol. The van der Waals surface area contributed by atoms with Gasteiger partial charge in [-0.15, -0.1) is 0 Å². The van der Waals surface area contributed by atoms with Crippen molar-refractivity contribution in [3.05, 3.63) is 53.5 Å². The molecule has 3 aromatic rings. The number of aliphatic hydroxyl groups is 1. The molecular weight excluding hydrogens is 530 g/mol. The highest BCUT2D eigenvalue weighted by Crippen LogP contribution is 2.32. The Morgan fingerprint density at radius 3 is 2.73 bits per heavy atom. The molecule has 208 valence electrons. The predicted octanol–water partition coefficient (Wildman–Crippen LogP) is 3.86. The lowest BCUT2D eigenvalue weighted by atomic mass is 9.89. The number of aliphatic imine (C=N–C) groups is 1. The van der Waals surface area contributed by atoms with Crippen molar-refractivity contribution in [1.82, 2.24) is 19.9 Å². The Balaban J connectivity index is 1.31. The van der Waals surface area contributed by atoms with E-state index in [1.165, 1.54) is 6.20 Å². The Bertz CT molecular complexity index is 1520. The minimum Gasteiger partial charge on any atom is -0.489 e. The van der Waals surface area contributed by atoms with Crippen LogP contribution in [0.2, 0.25) is 0 Å². The molecule has 2 N–H and O–H groups in total. The van der Waals surface area contributed by atoms with Crippen molar-refractivity contribution in [2.75, 3.05) is 31.1 Å². The molecular formula is C29H32ClN7O3. The Labute approximate surface area is 237 Å². The third kappa shape index (κ3) is 5.96. The van der Waals surface area contributed by atoms with Gasteiger partial charge in [-0.05, 0) is 58.2 Å². The van der Waals surface area contributed by atoms with Crippen molar-refractivity contribution in [3.63, 3.8) is 0 Å². The average Bonchev–Trinajstić information content (AvgIpc) is 3.35. The van der Waals surface area contributed by atoms with Crippen LogP contribution in [0.25, 0.3) is 16.6 Å². The molecule has 0 bridgehead atoms. The molecule has 10 nitrogen and oxygen atoms in total. The number of rotatable bonds is 7. The zero-order chi connectivity index (χ0) is 28.5. The first-order chi connectivity index (χ1) is 19.0. The third-order valence-corrected chi connectivity index (χ3v) is 7.46. The van der Waals surface area contributed by atoms with Gasteiger partial charge in [-0.2, -0.15) is 10.4 Å². The van der Waals surface area contributed by atoms with Crippen molar-refractivity contribution in [3.8, 4) is 22.9 Å². The molecule has 0 unspecified atom stereocenters. The molecule has 0 saturated carbocycles. The summed E-state index contributed by atoms with van der Waals surface area (Å²) in [5.41, 5.74) is 1.63. The van der Waals surface area contributed by atoms with E-state index in [2.05, 4.69) is 33.3 Å². The van der Waals surface area contributed by atoms with Gasteiger partial charge in [0.2, 0.25) is 0 Å². The van der Waals surface area contributed by atoms with Crippen molar-refractivity contribution in [1.29, 1.82) is 5.26 Å². The van der Waals surface area contributed by atoms with Crippen molar-refractivity contribution < 1.29 is 14.6 Å². The van der Waals surface area contributed by atoms with Gasteiger partial charge in [-0.25, -0.2) is 9.50 Å². The first kappa shape index (κ1) is 27.6. The highest BCUT2D eigenvalue weighted by atomic mass is 35.5. The van der Waals surface area contributed by atoms with Gasteiger partial charge in [0.1, 0.15) is 30.0 Å². The maximum absolute atomic E-state index is 12.8. The highest BCUT2D eigenvalue weighted by molar-refractivity contribution is 6.59. The maximum Gasteiger partial charge on any atom is 0.271 e. The lowest BCUT2D eigenvalue weighted by Gasteiger charge is -2.40. The van der Waals surface area contributed by atoms with Gasteiger partial charge in [0.05, 0.1) is 34.1 Å². The number of nitrogens with zero attached hydrogens (tertiary/aromatic N) is 6. The summed E-state index contributed by atoms with van der Waals surface area (Å²) < 4.78 is 7.44. The number of aromatic nitrogens is 3. The first-order valence-corrected chi connectivity index (χ1v) is 13.6. The van der Waals surface area contributed by atoms with Crippen LogP contribution in [0.4, 0.5) is 5.82 Å². The van der Waals surface area contributed by atoms with E-state index in [0.717, 1.165) is 49.3 Å². The lowest BCUT2D eigenvalue weighted by Crippen LogP contribution is -2.55. The Kier molecular flexibility index (Phi) is 7.53. The molecule has 2 aliphatic heterocycles. The van der Waals surface area contributed by atoms with Crippen LogP contribution in [-0.4, -0.2) is 68.7 Å². The molecule has 40 heavy (non-hydrogen) atoms. The molecule has 1 saturated heterocycles. The van der Waals surface area contributed by atoms with E-state index in [1.54, 1.807) is 30.8 Å². The quantitative estimate of drug-likeness (QED) is 0.448. The SMILES string of the molecule is CC(C)(O)COc1cc(-c2ccc(N3CCC(C)(NC(=O)C4=NCCC=C4Cl)CC3)nc2)c2c(C#N)cnn2c1. The maximum atomic E-state index is 12.8. The second-order valence-electron chi connectivity index (χ2n) is 11.1. The normalized spacial score (nSPS) is 17.1. The van der Waals surface area contributed by atoms with E-state index < -0.39 is 5.60 Å². The van der Waals surface area contributed by atoms with Crippen LogP contribution >= 0.6 is 11.6 Å². The fourth-order valence-corrected chi connectivity index (χ4v) is 5.13. The number of dihydropyridines is 1. The van der Waals surface area contributed by atoms with Crippen LogP contribution in [0.15, 0.2) is 52.9 Å². The number of carbonyl (C=O) groups excluding carboxylic acids is 1. The zero-order valence-electron chi connectivity index (χ0n) is 22.8. The minimum absolute atomic E-state index is 0.105. The summed E-state index contributed by atoms with van der Waals surface area (Å²) in [6.07, 6.45) is 9.09. The fraction of sp³-hybridized carbons (Fsp3) is 0.414. The molecule has 11 heteroatoms. The van der Waals surface area contributed by atoms with Crippen LogP contribution < -0.4 is 15.0 Å². The van der Waals surface area contributed by atoms with Crippen molar-refractivity contribution in [2.24, 2.45) is 4.99 Å². The summed E-state index contributed by atoms with van der Waals surface area (Å²) in [5, 5.41) is 27.6. The number of hydrogen-bond donors (Lipinski definition) is 2. The summed E-state index contributed by atoms with van der Waals surface area (Å²) in [5.74, 6) is 1.13. The number of anilines is 1. The molecule has 0 atom stereocenters. The van der Waals surface area contributed by atoms with Gasteiger partial charge < -0.3 is 20.1 Å². The van der Waals surface area contributed by atoms with Crippen LogP contribution in [-0.2, 0) is 4.79 Å². The van der Waals surface area contributed by atoms with Gasteiger partial charge in [-0.3, -0.25) is 9.79 Å². The van der Waals surface area contributed by atoms with Crippen LogP contribution in [0.3, 0.4) is 0 Å². The number of nitriles is 1. The summed E-state index contributed by atoms with van der Waals surface area (Å²) in [6, 6.07) is 7.97. The van der Waals surface area contributed by atoms with Gasteiger partial charge in [0.25, 0.3) is 5.91 Å². The summed E-state index contributed by atoms with van der Waals surface area (Å²) in [7, 11) is 0. The van der Waals surface area contributed by atoms with E-state index in [-0.39, 0.29) is 18.1 Å². The van der Waals surface area contributed by atoms with E-state index in [9.17, 15) is 15.2 Å². The molecule has 0 radical (unpaired) electrons. The van der Waals surface area contributed by atoms with Gasteiger partial charge in [-0.1, -0.05) is 17.7 Å². The summed E-state index contributed by atoms with van der Waals surface area (Å²) in [4.78, 5) is 24.0. The molecule has 5 rings (SSSR count). The Morgan fingerprint density at radius 1 is 1.30 bits per heavy atom. The molecule has 1 amide bonds. The van der Waals surface area contributed by atoms with E-state index >= 15 is 0 Å². The standard InChI is InChI=1S/C29H32ClN7O3/c1-28(2,39)18-40-21-13-22(26-20(14-31)16-34-37(26)17-21)19-6-7-24(33-15-19)36-11-8-29(3,9-12-36)35-27(38)25-23(30)5-4-10-32-25/h5-7,13,15-17,39H,4,8-12,18H2,1-3H3,(H,35,38). The van der Waals surface area contributed by atoms with Crippen LogP contribution in [0, 0.1) is 11.3 Å². The highest BCUT2D eigenvalue weighted by Gasteiger charge is 2.33. The summed E-state index contributed by atoms with van der Waals surface area (Å²) >= 11 is 6.20. The molecule has 1 fully saturated rings. The number of nitrogens with one attached hydrogen (secondary N) is 1. The number of pyridine rings is 2. The second kappa shape index (κ2) is 10.9. The van der Waals surface area contributed by atoms with E-state index in [0.29, 0.717) is 34.1 Å². The van der Waals surface area contributed by atoms with Crippen molar-refractivity contribution >= 4 is 34.6 Å². The largest absolute Gasteiger partial charge is 0.489 e. The number of fused-ring (bicyclic) bond motifs is 1. The fourth-order valence-electron chi connectivity index (χ4n) is 4.88. The molecule has 5 heterocycles. The topological polar surface area (TPSA) is 128 Å². The lowest BCUT2D eigenvalue weighted by molar-refractivity contribution is -0.116. The number of halogens is 1. The number of piperidine rings is 1. The number of ether oxygens (including phenoxy) is 1. The van der Waals surface area contributed by atoms with Gasteiger partial charge >= 0.3 is 0 Å². The predicted molar refractivity (Wildman–Crippen MR) is 154 cm³/mol. The average molecular weight is 562 g/mol. The van der Waals surface area contributed by atoms with Crippen molar-refractivity contribution in [2.45, 2.75) is 51.2 Å². The molecule has 2 aliphatic rings. The minimum atomic E-state index is -0.998. The molecule has 0 aromatic carbocycles. The van der Waals surface area contributed by atoms with Gasteiger partial charge in [0.15, 0.2) is 0 Å². The Morgan fingerprint density at radius 2 is 2.08 bits per heavy atom. The Hall–Kier alpha value is -3.94. The zero-order valence-corrected chi connectivity index (χ0v) is 23.6. The summed E-state index contributed by atoms with van der Waals surface area (Å²) in [6.45, 7) is 7.53. The van der Waals surface area contributed by atoms with Crippen LogP contribution in [0.1, 0.15) is 45.6 Å². The second-order valence-corrected chi connectivity index (χ2v) is 11.5. The molecule has 0 aliphatic carbocycles.